The van der Waals surface area contributed by atoms with Crippen molar-refractivity contribution in [2.75, 3.05) is 5.32 Å². The molecule has 3 heteroatoms. The molecule has 0 aliphatic heterocycles. The second-order valence-electron chi connectivity index (χ2n) is 4.77. The zero-order chi connectivity index (χ0) is 13.0. The van der Waals surface area contributed by atoms with E-state index in [1.54, 1.807) is 6.20 Å². The van der Waals surface area contributed by atoms with Crippen LogP contribution in [0.2, 0.25) is 0 Å². The van der Waals surface area contributed by atoms with Gasteiger partial charge in [-0.2, -0.15) is 0 Å². The molecule has 0 atom stereocenters. The number of rotatable bonds is 4. The van der Waals surface area contributed by atoms with Crippen LogP contribution in [-0.4, -0.2) is 9.97 Å². The average Bonchev–Trinajstić information content (AvgIpc) is 2.37. The molecule has 0 bridgehead atoms. The normalized spacial score (nSPS) is 10.7. The zero-order valence-electron chi connectivity index (χ0n) is 11.1. The van der Waals surface area contributed by atoms with E-state index in [-0.39, 0.29) is 0 Å². The summed E-state index contributed by atoms with van der Waals surface area (Å²) in [7, 11) is 0. The quantitative estimate of drug-likeness (QED) is 0.890. The van der Waals surface area contributed by atoms with Crippen LogP contribution in [0.1, 0.15) is 36.6 Å². The third kappa shape index (κ3) is 3.29. The van der Waals surface area contributed by atoms with Gasteiger partial charge in [-0.15, -0.1) is 0 Å². The molecule has 18 heavy (non-hydrogen) atoms. The predicted molar refractivity (Wildman–Crippen MR) is 74.6 cm³/mol. The number of aromatic nitrogens is 2. The highest BCUT2D eigenvalue weighted by atomic mass is 15.1. The Morgan fingerprint density at radius 2 is 1.83 bits per heavy atom. The number of hydrogen-bond donors (Lipinski definition) is 1. The standard InChI is InChI=1S/C15H19N3/c1-11(2)14-6-4-13(5-7-14)10-17-15-16-9-8-12(3)18-15/h4-9,11H,10H2,1-3H3,(H,16,17,18). The third-order valence-corrected chi connectivity index (χ3v) is 2.89. The van der Waals surface area contributed by atoms with Gasteiger partial charge in [-0.3, -0.25) is 0 Å². The highest BCUT2D eigenvalue weighted by Gasteiger charge is 2.00. The summed E-state index contributed by atoms with van der Waals surface area (Å²) in [6.45, 7) is 7.12. The molecule has 0 saturated heterocycles. The van der Waals surface area contributed by atoms with Crippen molar-refractivity contribution in [1.29, 1.82) is 0 Å². The first-order chi connectivity index (χ1) is 8.65. The van der Waals surface area contributed by atoms with Crippen LogP contribution in [0.25, 0.3) is 0 Å². The summed E-state index contributed by atoms with van der Waals surface area (Å²) in [6, 6.07) is 10.6. The van der Waals surface area contributed by atoms with Gasteiger partial charge >= 0.3 is 0 Å². The zero-order valence-corrected chi connectivity index (χ0v) is 11.1. The highest BCUT2D eigenvalue weighted by Crippen LogP contribution is 2.15. The molecule has 1 N–H and O–H groups in total. The molecule has 1 heterocycles. The predicted octanol–water partition coefficient (Wildman–Crippen LogP) is 3.52. The highest BCUT2D eigenvalue weighted by molar-refractivity contribution is 5.30. The molecule has 0 spiro atoms. The Balaban J connectivity index is 1.98. The molecule has 3 nitrogen and oxygen atoms in total. The second-order valence-corrected chi connectivity index (χ2v) is 4.77. The van der Waals surface area contributed by atoms with Gasteiger partial charge in [0.25, 0.3) is 0 Å². The minimum atomic E-state index is 0.576. The molecule has 0 fully saturated rings. The average molecular weight is 241 g/mol. The Morgan fingerprint density at radius 3 is 2.44 bits per heavy atom. The minimum absolute atomic E-state index is 0.576. The van der Waals surface area contributed by atoms with Crippen LogP contribution in [0.15, 0.2) is 36.5 Å². The summed E-state index contributed by atoms with van der Waals surface area (Å²) in [5.74, 6) is 1.26. The molecule has 1 aromatic carbocycles. The van der Waals surface area contributed by atoms with Crippen molar-refractivity contribution in [3.8, 4) is 0 Å². The second kappa shape index (κ2) is 5.63. The lowest BCUT2D eigenvalue weighted by molar-refractivity contribution is 0.865. The fraction of sp³-hybridized carbons (Fsp3) is 0.333. The van der Waals surface area contributed by atoms with Crippen LogP contribution < -0.4 is 5.32 Å². The maximum absolute atomic E-state index is 4.31. The number of nitrogens with one attached hydrogen (secondary N) is 1. The molecule has 2 aromatic rings. The molecule has 2 rings (SSSR count). The first-order valence-corrected chi connectivity index (χ1v) is 6.27. The fourth-order valence-electron chi connectivity index (χ4n) is 1.74. The van der Waals surface area contributed by atoms with E-state index >= 15 is 0 Å². The van der Waals surface area contributed by atoms with Crippen LogP contribution in [0.3, 0.4) is 0 Å². The van der Waals surface area contributed by atoms with E-state index in [1.165, 1.54) is 11.1 Å². The van der Waals surface area contributed by atoms with Gasteiger partial charge in [0.05, 0.1) is 0 Å². The molecule has 0 amide bonds. The van der Waals surface area contributed by atoms with E-state index < -0.39 is 0 Å². The van der Waals surface area contributed by atoms with E-state index in [0.717, 1.165) is 12.2 Å². The summed E-state index contributed by atoms with van der Waals surface area (Å²) < 4.78 is 0. The molecule has 0 radical (unpaired) electrons. The number of anilines is 1. The summed E-state index contributed by atoms with van der Waals surface area (Å²) in [6.07, 6.45) is 1.77. The molecule has 94 valence electrons. The number of nitrogens with zero attached hydrogens (tertiary/aromatic N) is 2. The largest absolute Gasteiger partial charge is 0.350 e. The third-order valence-electron chi connectivity index (χ3n) is 2.89. The Hall–Kier alpha value is -1.90. The molecule has 1 aromatic heterocycles. The Morgan fingerprint density at radius 1 is 1.11 bits per heavy atom. The van der Waals surface area contributed by atoms with Gasteiger partial charge < -0.3 is 5.32 Å². The van der Waals surface area contributed by atoms with Crippen LogP contribution in [-0.2, 0) is 6.54 Å². The number of hydrogen-bond acceptors (Lipinski definition) is 3. The summed E-state index contributed by atoms with van der Waals surface area (Å²) in [5, 5.41) is 3.23. The van der Waals surface area contributed by atoms with E-state index in [4.69, 9.17) is 0 Å². The van der Waals surface area contributed by atoms with Crippen LogP contribution in [0.4, 0.5) is 5.95 Å². The maximum Gasteiger partial charge on any atom is 0.223 e. The van der Waals surface area contributed by atoms with Crippen molar-refractivity contribution < 1.29 is 0 Å². The van der Waals surface area contributed by atoms with Crippen molar-refractivity contribution >= 4 is 5.95 Å². The Bertz CT molecular complexity index is 503. The van der Waals surface area contributed by atoms with E-state index in [1.807, 2.05) is 13.0 Å². The lowest BCUT2D eigenvalue weighted by Crippen LogP contribution is -2.04. The Labute approximate surface area is 108 Å². The number of aryl methyl sites for hydroxylation is 1. The maximum atomic E-state index is 4.31. The van der Waals surface area contributed by atoms with Crippen molar-refractivity contribution in [3.05, 3.63) is 53.3 Å². The van der Waals surface area contributed by atoms with Crippen molar-refractivity contribution in [3.63, 3.8) is 0 Å². The first-order valence-electron chi connectivity index (χ1n) is 6.27. The van der Waals surface area contributed by atoms with Gasteiger partial charge in [0, 0.05) is 18.4 Å². The molecule has 0 aliphatic carbocycles. The molecule has 0 saturated carbocycles. The van der Waals surface area contributed by atoms with E-state index in [2.05, 4.69) is 53.4 Å². The molecule has 0 unspecified atom stereocenters. The van der Waals surface area contributed by atoms with Gasteiger partial charge in [-0.25, -0.2) is 9.97 Å². The molecular weight excluding hydrogens is 222 g/mol. The lowest BCUT2D eigenvalue weighted by atomic mass is 10.0. The van der Waals surface area contributed by atoms with Crippen molar-refractivity contribution in [2.45, 2.75) is 33.2 Å². The first kappa shape index (κ1) is 12.6. The van der Waals surface area contributed by atoms with Gasteiger partial charge in [0.15, 0.2) is 0 Å². The van der Waals surface area contributed by atoms with Crippen molar-refractivity contribution in [2.24, 2.45) is 0 Å². The van der Waals surface area contributed by atoms with Gasteiger partial charge in [0.1, 0.15) is 0 Å². The minimum Gasteiger partial charge on any atom is -0.350 e. The molecular formula is C15H19N3. The van der Waals surface area contributed by atoms with Gasteiger partial charge in [-0.05, 0) is 30.0 Å². The van der Waals surface area contributed by atoms with Gasteiger partial charge in [0.2, 0.25) is 5.95 Å². The summed E-state index contributed by atoms with van der Waals surface area (Å²) in [4.78, 5) is 8.49. The summed E-state index contributed by atoms with van der Waals surface area (Å²) >= 11 is 0. The lowest BCUT2D eigenvalue weighted by Gasteiger charge is -2.08. The monoisotopic (exact) mass is 241 g/mol. The topological polar surface area (TPSA) is 37.8 Å². The smallest absolute Gasteiger partial charge is 0.223 e. The van der Waals surface area contributed by atoms with Gasteiger partial charge in [-0.1, -0.05) is 38.1 Å². The Kier molecular flexibility index (Phi) is 3.92. The van der Waals surface area contributed by atoms with E-state index in [9.17, 15) is 0 Å². The van der Waals surface area contributed by atoms with Crippen LogP contribution in [0.5, 0.6) is 0 Å². The van der Waals surface area contributed by atoms with Crippen molar-refractivity contribution in [1.82, 2.24) is 9.97 Å². The molecule has 0 aliphatic rings. The fourth-order valence-corrected chi connectivity index (χ4v) is 1.74. The summed E-state index contributed by atoms with van der Waals surface area (Å²) in [5.41, 5.74) is 3.58. The van der Waals surface area contributed by atoms with Crippen LogP contribution >= 0.6 is 0 Å². The number of benzene rings is 1. The van der Waals surface area contributed by atoms with Crippen LogP contribution in [0, 0.1) is 6.92 Å². The van der Waals surface area contributed by atoms with E-state index in [0.29, 0.717) is 11.9 Å². The SMILES string of the molecule is Cc1ccnc(NCc2ccc(C(C)C)cc2)n1.